The van der Waals surface area contributed by atoms with Gasteiger partial charge in [-0.2, -0.15) is 0 Å². The first-order valence-electron chi connectivity index (χ1n) is 9.86. The van der Waals surface area contributed by atoms with Gasteiger partial charge in [-0.3, -0.25) is 9.59 Å². The number of thiophene rings is 2. The fourth-order valence-corrected chi connectivity index (χ4v) is 6.49. The normalized spacial score (nSPS) is 12.6. The van der Waals surface area contributed by atoms with Gasteiger partial charge in [-0.05, 0) is 31.9 Å². The molecular weight excluding hydrogens is 462 g/mol. The second-order valence-electron chi connectivity index (χ2n) is 7.44. The summed E-state index contributed by atoms with van der Waals surface area (Å²) in [6, 6.07) is 9.71. The van der Waals surface area contributed by atoms with Crippen molar-refractivity contribution in [3.05, 3.63) is 72.7 Å². The zero-order chi connectivity index (χ0) is 22.6. The molecule has 0 radical (unpaired) electrons. The molecule has 162 valence electrons. The lowest BCUT2D eigenvalue weighted by atomic mass is 10.1. The highest BCUT2D eigenvalue weighted by Crippen LogP contribution is 2.36. The molecule has 1 unspecified atom stereocenters. The molecule has 0 fully saturated rings. The van der Waals surface area contributed by atoms with Crippen LogP contribution in [0.25, 0.3) is 31.6 Å². The van der Waals surface area contributed by atoms with E-state index in [2.05, 4.69) is 15.0 Å². The molecule has 32 heavy (non-hydrogen) atoms. The predicted molar refractivity (Wildman–Crippen MR) is 133 cm³/mol. The number of nitrogens with zero attached hydrogens (tertiary/aromatic N) is 3. The van der Waals surface area contributed by atoms with Gasteiger partial charge in [0.1, 0.15) is 15.5 Å². The average molecular weight is 482 g/mol. The summed E-state index contributed by atoms with van der Waals surface area (Å²) < 4.78 is 1.08. The summed E-state index contributed by atoms with van der Waals surface area (Å²) in [6.07, 6.45) is 0. The maximum Gasteiger partial charge on any atom is 0.282 e. The number of aromatic nitrogens is 4. The molecule has 7 nitrogen and oxygen atoms in total. The van der Waals surface area contributed by atoms with Crippen molar-refractivity contribution in [2.24, 2.45) is 0 Å². The number of aryl methyl sites for hydroxylation is 2. The van der Waals surface area contributed by atoms with Crippen LogP contribution >= 0.6 is 34.4 Å². The minimum atomic E-state index is -0.300. The highest BCUT2D eigenvalue weighted by Gasteiger charge is 2.21. The quantitative estimate of drug-likeness (QED) is 0.221. The van der Waals surface area contributed by atoms with E-state index < -0.39 is 0 Å². The van der Waals surface area contributed by atoms with E-state index in [0.29, 0.717) is 31.4 Å². The summed E-state index contributed by atoms with van der Waals surface area (Å²) in [5, 5.41) is 3.19. The first kappa shape index (κ1) is 20.9. The highest BCUT2D eigenvalue weighted by atomic mass is 32.2. The largest absolute Gasteiger partial charge is 0.334 e. The summed E-state index contributed by atoms with van der Waals surface area (Å²) in [6.45, 7) is 5.82. The Morgan fingerprint density at radius 1 is 1.09 bits per heavy atom. The van der Waals surface area contributed by atoms with Crippen LogP contribution in [0.15, 0.2) is 50.5 Å². The van der Waals surface area contributed by atoms with E-state index in [1.54, 1.807) is 0 Å². The molecule has 3 N–H and O–H groups in total. The van der Waals surface area contributed by atoms with Gasteiger partial charge in [0.15, 0.2) is 5.16 Å². The van der Waals surface area contributed by atoms with Crippen molar-refractivity contribution in [3.8, 4) is 11.1 Å². The summed E-state index contributed by atoms with van der Waals surface area (Å²) in [5.41, 5.74) is 2.28. The van der Waals surface area contributed by atoms with Crippen molar-refractivity contribution < 1.29 is 0 Å². The van der Waals surface area contributed by atoms with Gasteiger partial charge in [-0.1, -0.05) is 42.1 Å². The molecule has 0 bridgehead atoms. The number of benzene rings is 1. The minimum Gasteiger partial charge on any atom is -0.334 e. The number of nitrogen functional groups attached to an aromatic ring is 1. The zero-order valence-electron chi connectivity index (χ0n) is 17.5. The number of H-pyrrole nitrogens is 1. The maximum atomic E-state index is 13.1. The van der Waals surface area contributed by atoms with Crippen LogP contribution < -0.4 is 17.0 Å². The first-order valence-corrected chi connectivity index (χ1v) is 12.4. The van der Waals surface area contributed by atoms with Crippen LogP contribution in [0, 0.1) is 13.8 Å². The van der Waals surface area contributed by atoms with Crippen molar-refractivity contribution in [2.45, 2.75) is 31.2 Å². The molecule has 0 aliphatic carbocycles. The van der Waals surface area contributed by atoms with Gasteiger partial charge in [0, 0.05) is 15.8 Å². The fraction of sp³-hybridized carbons (Fsp3) is 0.182. The smallest absolute Gasteiger partial charge is 0.282 e. The monoisotopic (exact) mass is 481 g/mol. The second-order valence-corrected chi connectivity index (χ2v) is 10.8. The number of hydrogen-bond donors (Lipinski definition) is 2. The highest BCUT2D eigenvalue weighted by molar-refractivity contribution is 7.99. The number of nitrogens with one attached hydrogen (secondary N) is 1. The van der Waals surface area contributed by atoms with Crippen LogP contribution in [-0.2, 0) is 0 Å². The molecule has 4 heterocycles. The Balaban J connectivity index is 1.55. The Bertz CT molecular complexity index is 1600. The standard InChI is InChI=1S/C22H19N5O2S3/c1-10-11(2)31-20-15(10)18(28)24-17(25-20)12(3)32-22-26-19-16(21(29)27(22)23)14(9-30-19)13-7-5-4-6-8-13/h4-9,12H,23H2,1-3H3,(H,24,25,28). The van der Waals surface area contributed by atoms with E-state index in [1.807, 2.05) is 56.5 Å². The molecule has 10 heteroatoms. The number of thioether (sulfide) groups is 1. The molecule has 5 aromatic rings. The van der Waals surface area contributed by atoms with Gasteiger partial charge in [0.05, 0.1) is 16.0 Å². The Morgan fingerprint density at radius 3 is 2.59 bits per heavy atom. The number of fused-ring (bicyclic) bond motifs is 2. The van der Waals surface area contributed by atoms with E-state index in [1.165, 1.54) is 34.4 Å². The molecule has 0 saturated carbocycles. The van der Waals surface area contributed by atoms with Crippen molar-refractivity contribution in [3.63, 3.8) is 0 Å². The minimum absolute atomic E-state index is 0.154. The average Bonchev–Trinajstić information content (AvgIpc) is 3.33. The maximum absolute atomic E-state index is 13.1. The van der Waals surface area contributed by atoms with Crippen LogP contribution in [0.5, 0.6) is 0 Å². The Hall–Kier alpha value is -2.95. The molecule has 0 aliphatic rings. The van der Waals surface area contributed by atoms with Crippen molar-refractivity contribution >= 4 is 54.9 Å². The topological polar surface area (TPSA) is 107 Å². The summed E-state index contributed by atoms with van der Waals surface area (Å²) >= 11 is 4.21. The van der Waals surface area contributed by atoms with Gasteiger partial charge >= 0.3 is 0 Å². The van der Waals surface area contributed by atoms with Crippen LogP contribution in [0.3, 0.4) is 0 Å². The zero-order valence-corrected chi connectivity index (χ0v) is 20.0. The Kier molecular flexibility index (Phi) is 5.15. The van der Waals surface area contributed by atoms with Crippen molar-refractivity contribution in [1.29, 1.82) is 0 Å². The Labute approximate surface area is 194 Å². The molecular formula is C22H19N5O2S3. The van der Waals surface area contributed by atoms with Gasteiger partial charge in [-0.25, -0.2) is 14.6 Å². The van der Waals surface area contributed by atoms with Crippen molar-refractivity contribution in [1.82, 2.24) is 19.6 Å². The van der Waals surface area contributed by atoms with E-state index in [-0.39, 0.29) is 16.4 Å². The number of nitrogens with two attached hydrogens (primary N) is 1. The lowest BCUT2D eigenvalue weighted by Gasteiger charge is -2.12. The number of rotatable bonds is 4. The molecule has 5 rings (SSSR count). The van der Waals surface area contributed by atoms with E-state index >= 15 is 0 Å². The number of aromatic amines is 1. The van der Waals surface area contributed by atoms with Gasteiger partial charge < -0.3 is 10.8 Å². The molecule has 4 aromatic heterocycles. The molecule has 0 aliphatic heterocycles. The lowest BCUT2D eigenvalue weighted by Crippen LogP contribution is -2.29. The van der Waals surface area contributed by atoms with Crippen LogP contribution in [0.2, 0.25) is 0 Å². The van der Waals surface area contributed by atoms with E-state index in [4.69, 9.17) is 5.84 Å². The van der Waals surface area contributed by atoms with Crippen LogP contribution in [-0.4, -0.2) is 19.6 Å². The van der Waals surface area contributed by atoms with E-state index in [0.717, 1.165) is 26.2 Å². The molecule has 1 aromatic carbocycles. The lowest BCUT2D eigenvalue weighted by molar-refractivity contribution is 0.775. The third-order valence-electron chi connectivity index (χ3n) is 5.42. The predicted octanol–water partition coefficient (Wildman–Crippen LogP) is 4.61. The third kappa shape index (κ3) is 3.35. The third-order valence-corrected chi connectivity index (χ3v) is 8.47. The molecule has 0 amide bonds. The summed E-state index contributed by atoms with van der Waals surface area (Å²) in [7, 11) is 0. The molecule has 0 spiro atoms. The second kappa shape index (κ2) is 7.88. The SMILES string of the molecule is Cc1sc2nc(C(C)Sc3nc4scc(-c5ccccc5)c4c(=O)n3N)[nH]c(=O)c2c1C. The molecule has 1 atom stereocenters. The van der Waals surface area contributed by atoms with Gasteiger partial charge in [-0.15, -0.1) is 22.7 Å². The first-order chi connectivity index (χ1) is 15.3. The van der Waals surface area contributed by atoms with E-state index in [9.17, 15) is 9.59 Å². The Morgan fingerprint density at radius 2 is 1.84 bits per heavy atom. The van der Waals surface area contributed by atoms with Gasteiger partial charge in [0.2, 0.25) is 0 Å². The van der Waals surface area contributed by atoms with Crippen molar-refractivity contribution in [2.75, 3.05) is 5.84 Å². The van der Waals surface area contributed by atoms with Crippen LogP contribution in [0.4, 0.5) is 0 Å². The summed E-state index contributed by atoms with van der Waals surface area (Å²) in [5.74, 6) is 6.69. The molecule has 0 saturated heterocycles. The fourth-order valence-electron chi connectivity index (χ4n) is 3.58. The summed E-state index contributed by atoms with van der Waals surface area (Å²) in [4.78, 5) is 40.4. The van der Waals surface area contributed by atoms with Crippen LogP contribution in [0.1, 0.15) is 28.4 Å². The van der Waals surface area contributed by atoms with Gasteiger partial charge in [0.25, 0.3) is 11.1 Å². The number of hydrogen-bond acceptors (Lipinski definition) is 8.